The molecule has 1 aromatic rings. The lowest BCUT2D eigenvalue weighted by atomic mass is 10.2. The molecule has 0 bridgehead atoms. The molecule has 0 aliphatic carbocycles. The van der Waals surface area contributed by atoms with Crippen molar-refractivity contribution in [2.45, 2.75) is 31.9 Å². The monoisotopic (exact) mass is 323 g/mol. The Labute approximate surface area is 136 Å². The number of hydrogen-bond donors (Lipinski definition) is 1. The minimum absolute atomic E-state index is 0.0379. The van der Waals surface area contributed by atoms with Crippen LogP contribution in [0.15, 0.2) is 17.5 Å². The highest BCUT2D eigenvalue weighted by Crippen LogP contribution is 2.27. The Morgan fingerprint density at radius 2 is 2.27 bits per heavy atom. The van der Waals surface area contributed by atoms with Crippen LogP contribution in [0.5, 0.6) is 0 Å². The highest BCUT2D eigenvalue weighted by atomic mass is 32.1. The summed E-state index contributed by atoms with van der Waals surface area (Å²) in [5.74, 6) is 0. The summed E-state index contributed by atoms with van der Waals surface area (Å²) in [7, 11) is 0. The first-order valence-corrected chi connectivity index (χ1v) is 9.04. The number of nitrogens with zero attached hydrogens (tertiary/aromatic N) is 2. The van der Waals surface area contributed by atoms with Crippen molar-refractivity contribution in [2.75, 3.05) is 39.3 Å². The topological polar surface area (TPSA) is 44.8 Å². The lowest BCUT2D eigenvalue weighted by Crippen LogP contribution is -2.50. The second-order valence-corrected chi connectivity index (χ2v) is 7.07. The summed E-state index contributed by atoms with van der Waals surface area (Å²) in [4.78, 5) is 18.1. The quantitative estimate of drug-likeness (QED) is 0.925. The van der Waals surface area contributed by atoms with Crippen LogP contribution in [0.25, 0.3) is 0 Å². The van der Waals surface area contributed by atoms with Gasteiger partial charge in [-0.05, 0) is 44.3 Å². The average molecular weight is 323 g/mol. The van der Waals surface area contributed by atoms with E-state index in [9.17, 15) is 4.79 Å². The SMILES string of the molecule is C[C@@H]1CN(C(=O)NC[C@H](c2cccs2)N2CCCC2)CCO1. The molecule has 6 heteroatoms. The van der Waals surface area contributed by atoms with Gasteiger partial charge in [-0.2, -0.15) is 0 Å². The number of carbonyl (C=O) groups excluding carboxylic acids is 1. The van der Waals surface area contributed by atoms with Gasteiger partial charge in [-0.15, -0.1) is 11.3 Å². The maximum atomic E-state index is 12.4. The van der Waals surface area contributed by atoms with Crippen LogP contribution in [0.1, 0.15) is 30.7 Å². The molecule has 0 aromatic carbocycles. The minimum atomic E-state index is 0.0379. The highest BCUT2D eigenvalue weighted by molar-refractivity contribution is 7.10. The normalized spacial score (nSPS) is 24.4. The van der Waals surface area contributed by atoms with E-state index in [0.717, 1.165) is 13.1 Å². The molecule has 2 atom stereocenters. The largest absolute Gasteiger partial charge is 0.375 e. The molecule has 2 aliphatic heterocycles. The highest BCUT2D eigenvalue weighted by Gasteiger charge is 2.26. The minimum Gasteiger partial charge on any atom is -0.375 e. The van der Waals surface area contributed by atoms with Gasteiger partial charge in [0.15, 0.2) is 0 Å². The van der Waals surface area contributed by atoms with Crippen molar-refractivity contribution in [1.29, 1.82) is 0 Å². The van der Waals surface area contributed by atoms with Crippen molar-refractivity contribution < 1.29 is 9.53 Å². The molecule has 2 fully saturated rings. The number of morpholine rings is 1. The van der Waals surface area contributed by atoms with Gasteiger partial charge in [0, 0.05) is 24.5 Å². The summed E-state index contributed by atoms with van der Waals surface area (Å²) in [5, 5.41) is 5.25. The van der Waals surface area contributed by atoms with Crippen molar-refractivity contribution in [3.63, 3.8) is 0 Å². The second kappa shape index (κ2) is 7.44. The lowest BCUT2D eigenvalue weighted by molar-refractivity contribution is -0.00366. The van der Waals surface area contributed by atoms with E-state index in [1.165, 1.54) is 17.7 Å². The predicted octanol–water partition coefficient (Wildman–Crippen LogP) is 2.32. The van der Waals surface area contributed by atoms with Crippen LogP contribution in [-0.4, -0.2) is 61.3 Å². The molecular weight excluding hydrogens is 298 g/mol. The van der Waals surface area contributed by atoms with Crippen LogP contribution in [0.3, 0.4) is 0 Å². The molecule has 2 aliphatic rings. The molecule has 22 heavy (non-hydrogen) atoms. The summed E-state index contributed by atoms with van der Waals surface area (Å²) in [5.41, 5.74) is 0. The van der Waals surface area contributed by atoms with Gasteiger partial charge in [-0.25, -0.2) is 4.79 Å². The Balaban J connectivity index is 1.57. The number of nitrogens with one attached hydrogen (secondary N) is 1. The van der Waals surface area contributed by atoms with Gasteiger partial charge in [-0.3, -0.25) is 4.90 Å². The van der Waals surface area contributed by atoms with E-state index >= 15 is 0 Å². The van der Waals surface area contributed by atoms with Crippen LogP contribution in [-0.2, 0) is 4.74 Å². The van der Waals surface area contributed by atoms with Gasteiger partial charge < -0.3 is 15.0 Å². The van der Waals surface area contributed by atoms with E-state index in [-0.39, 0.29) is 12.1 Å². The standard InChI is InChI=1S/C16H25N3O2S/c1-13-12-19(8-9-21-13)16(20)17-11-14(15-5-4-10-22-15)18-6-2-3-7-18/h4-5,10,13-14H,2-3,6-9,11-12H2,1H3,(H,17,20)/t13-,14-/m1/s1. The molecule has 0 saturated carbocycles. The maximum Gasteiger partial charge on any atom is 0.317 e. The van der Waals surface area contributed by atoms with Crippen molar-refractivity contribution in [1.82, 2.24) is 15.1 Å². The fourth-order valence-corrected chi connectivity index (χ4v) is 4.10. The number of carbonyl (C=O) groups is 1. The summed E-state index contributed by atoms with van der Waals surface area (Å²) >= 11 is 1.78. The second-order valence-electron chi connectivity index (χ2n) is 6.09. The number of thiophene rings is 1. The Kier molecular flexibility index (Phi) is 5.33. The van der Waals surface area contributed by atoms with Crippen LogP contribution in [0.2, 0.25) is 0 Å². The lowest BCUT2D eigenvalue weighted by Gasteiger charge is -2.32. The van der Waals surface area contributed by atoms with Gasteiger partial charge >= 0.3 is 6.03 Å². The van der Waals surface area contributed by atoms with E-state index in [4.69, 9.17) is 4.74 Å². The van der Waals surface area contributed by atoms with Gasteiger partial charge in [0.05, 0.1) is 18.8 Å². The van der Waals surface area contributed by atoms with Gasteiger partial charge in [-0.1, -0.05) is 6.07 Å². The van der Waals surface area contributed by atoms with Crippen LogP contribution in [0.4, 0.5) is 4.79 Å². The van der Waals surface area contributed by atoms with E-state index < -0.39 is 0 Å². The summed E-state index contributed by atoms with van der Waals surface area (Å²) < 4.78 is 5.50. The Morgan fingerprint density at radius 3 is 2.95 bits per heavy atom. The zero-order chi connectivity index (χ0) is 15.4. The number of rotatable bonds is 4. The zero-order valence-electron chi connectivity index (χ0n) is 13.2. The average Bonchev–Trinajstić information content (AvgIpc) is 3.21. The molecule has 1 N–H and O–H groups in total. The third kappa shape index (κ3) is 3.80. The van der Waals surface area contributed by atoms with Crippen molar-refractivity contribution in [3.8, 4) is 0 Å². The Morgan fingerprint density at radius 1 is 1.45 bits per heavy atom. The maximum absolute atomic E-state index is 12.4. The third-order valence-corrected chi connectivity index (χ3v) is 5.40. The van der Waals surface area contributed by atoms with Crippen LogP contribution >= 0.6 is 11.3 Å². The molecular formula is C16H25N3O2S. The van der Waals surface area contributed by atoms with Gasteiger partial charge in [0.25, 0.3) is 0 Å². The molecule has 3 heterocycles. The van der Waals surface area contributed by atoms with Crippen LogP contribution in [0, 0.1) is 0 Å². The number of ether oxygens (including phenoxy) is 1. The third-order valence-electron chi connectivity index (χ3n) is 4.43. The smallest absolute Gasteiger partial charge is 0.317 e. The summed E-state index contributed by atoms with van der Waals surface area (Å²) in [6, 6.07) is 4.62. The Bertz CT molecular complexity index is 474. The van der Waals surface area contributed by atoms with E-state index in [1.807, 2.05) is 11.8 Å². The van der Waals surface area contributed by atoms with E-state index in [1.54, 1.807) is 11.3 Å². The first kappa shape index (κ1) is 15.8. The molecule has 0 spiro atoms. The van der Waals surface area contributed by atoms with E-state index in [0.29, 0.717) is 32.3 Å². The molecule has 2 saturated heterocycles. The molecule has 2 amide bonds. The fraction of sp³-hybridized carbons (Fsp3) is 0.688. The molecule has 0 unspecified atom stereocenters. The molecule has 3 rings (SSSR count). The van der Waals surface area contributed by atoms with Gasteiger partial charge in [0.1, 0.15) is 0 Å². The van der Waals surface area contributed by atoms with Crippen molar-refractivity contribution in [2.24, 2.45) is 0 Å². The predicted molar refractivity (Wildman–Crippen MR) is 88.3 cm³/mol. The van der Waals surface area contributed by atoms with Crippen LogP contribution < -0.4 is 5.32 Å². The summed E-state index contributed by atoms with van der Waals surface area (Å²) in [6.07, 6.45) is 2.65. The molecule has 122 valence electrons. The number of likely N-dealkylation sites (tertiary alicyclic amines) is 1. The fourth-order valence-electron chi connectivity index (χ4n) is 3.24. The van der Waals surface area contributed by atoms with Crippen molar-refractivity contribution >= 4 is 17.4 Å². The van der Waals surface area contributed by atoms with E-state index in [2.05, 4.69) is 27.7 Å². The summed E-state index contributed by atoms with van der Waals surface area (Å²) in [6.45, 7) is 6.96. The molecule has 1 aromatic heterocycles. The number of hydrogen-bond acceptors (Lipinski definition) is 4. The van der Waals surface area contributed by atoms with Gasteiger partial charge in [0.2, 0.25) is 0 Å². The first-order valence-electron chi connectivity index (χ1n) is 8.16. The first-order chi connectivity index (χ1) is 10.7. The number of urea groups is 1. The molecule has 0 radical (unpaired) electrons. The Hall–Kier alpha value is -1.11. The van der Waals surface area contributed by atoms with Crippen molar-refractivity contribution in [3.05, 3.63) is 22.4 Å². The number of amides is 2. The zero-order valence-corrected chi connectivity index (χ0v) is 14.0. The molecule has 5 nitrogen and oxygen atoms in total.